The van der Waals surface area contributed by atoms with Crippen molar-refractivity contribution >= 4 is 51.0 Å². The van der Waals surface area contributed by atoms with Crippen LogP contribution >= 0.6 is 22.9 Å². The Morgan fingerprint density at radius 2 is 1.68 bits per heavy atom. The number of fused-ring (bicyclic) bond motifs is 7. The number of amides is 1. The summed E-state index contributed by atoms with van der Waals surface area (Å²) in [6.45, 7) is 11.3. The molecule has 1 atom stereocenters. The molecular formula is C56H57ClFN7O8S. The third kappa shape index (κ3) is 11.8. The number of para-hydroxylation sites is 1. The van der Waals surface area contributed by atoms with E-state index < -0.39 is 36.1 Å². The molecule has 3 aliphatic heterocycles. The van der Waals surface area contributed by atoms with Gasteiger partial charge in [0.1, 0.15) is 35.1 Å². The van der Waals surface area contributed by atoms with Crippen LogP contribution in [0, 0.1) is 18.2 Å². The number of hydrogen-bond donors (Lipinski definition) is 0. The second kappa shape index (κ2) is 22.6. The van der Waals surface area contributed by atoms with Crippen LogP contribution in [0.2, 0.25) is 5.02 Å². The standard InChI is InChI=1S/C56H57ClFN7O8S/c1-34-41-17-14-37(49(34)57)30-65(26-25-64-23-21-63(5)22-24-64)46(66)28-35-11-18-43(70-31-40-19-20-59-51(62-40)42-9-7-8-10-44(42)69-6)38(27-35)29-45(54(67)71-33-72-55(68)56(2,3)4)73-52-48-47(41)50(74-53(48)61-32-60-52)36-12-15-39(58)16-13-36/h7-20,27,32,45H,21-26,28-31,33H2,1-6H3/t45-/m1/s1. The maximum absolute atomic E-state index is 14.8. The van der Waals surface area contributed by atoms with Crippen LogP contribution < -0.4 is 14.2 Å². The van der Waals surface area contributed by atoms with Crippen molar-refractivity contribution in [1.82, 2.24) is 34.6 Å². The van der Waals surface area contributed by atoms with Gasteiger partial charge in [0.2, 0.25) is 24.7 Å². The molecule has 6 heterocycles. The van der Waals surface area contributed by atoms with Crippen LogP contribution in [0.15, 0.2) is 97.5 Å². The predicted octanol–water partition coefficient (Wildman–Crippen LogP) is 9.38. The number of aromatic nitrogens is 4. The molecule has 1 amide bonds. The van der Waals surface area contributed by atoms with E-state index in [9.17, 15) is 18.8 Å². The van der Waals surface area contributed by atoms with E-state index in [2.05, 4.69) is 31.8 Å². The van der Waals surface area contributed by atoms with Crippen molar-refractivity contribution in [2.75, 3.05) is 60.2 Å². The summed E-state index contributed by atoms with van der Waals surface area (Å²) in [6.07, 6.45) is 1.43. The summed E-state index contributed by atoms with van der Waals surface area (Å²) in [6, 6.07) is 24.7. The van der Waals surface area contributed by atoms with Gasteiger partial charge in [-0.05, 0) is 105 Å². The van der Waals surface area contributed by atoms with Gasteiger partial charge in [-0.15, -0.1) is 11.3 Å². The first-order chi connectivity index (χ1) is 35.6. The largest absolute Gasteiger partial charge is 0.496 e. The Balaban J connectivity index is 1.16. The summed E-state index contributed by atoms with van der Waals surface area (Å²) in [7, 11) is 3.70. The smallest absolute Gasteiger partial charge is 0.350 e. The second-order valence-electron chi connectivity index (χ2n) is 19.4. The summed E-state index contributed by atoms with van der Waals surface area (Å²) >= 11 is 8.74. The molecule has 0 N–H and O–H groups in total. The highest BCUT2D eigenvalue weighted by molar-refractivity contribution is 7.22. The van der Waals surface area contributed by atoms with Gasteiger partial charge in [0.25, 0.3) is 0 Å². The Bertz CT molecular complexity index is 3200. The molecule has 3 aromatic heterocycles. The lowest BCUT2D eigenvalue weighted by Crippen LogP contribution is -2.47. The number of nitrogens with zero attached hydrogens (tertiary/aromatic N) is 7. The zero-order valence-corrected chi connectivity index (χ0v) is 43.7. The fourth-order valence-electron chi connectivity index (χ4n) is 8.90. The zero-order valence-electron chi connectivity index (χ0n) is 42.2. The normalized spacial score (nSPS) is 15.6. The van der Waals surface area contributed by atoms with Crippen molar-refractivity contribution in [2.45, 2.75) is 59.8 Å². The van der Waals surface area contributed by atoms with Crippen LogP contribution in [0.3, 0.4) is 0 Å². The molecule has 4 aromatic carbocycles. The molecule has 0 radical (unpaired) electrons. The van der Waals surface area contributed by atoms with Crippen molar-refractivity contribution in [3.63, 3.8) is 0 Å². The number of carbonyl (C=O) groups excluding carboxylic acids is 3. The fraction of sp³-hybridized carbons (Fsp3) is 0.339. The van der Waals surface area contributed by atoms with Crippen LogP contribution in [-0.2, 0) is 49.9 Å². The van der Waals surface area contributed by atoms with Crippen LogP contribution in [0.25, 0.3) is 43.2 Å². The van der Waals surface area contributed by atoms with E-state index in [0.717, 1.165) is 47.7 Å². The number of ether oxygens (including phenoxy) is 5. The number of hydrogen-bond acceptors (Lipinski definition) is 15. The molecule has 0 saturated carbocycles. The average molecular weight is 1040 g/mol. The van der Waals surface area contributed by atoms with E-state index in [-0.39, 0.29) is 37.8 Å². The number of esters is 2. The van der Waals surface area contributed by atoms with Gasteiger partial charge in [-0.3, -0.25) is 14.5 Å². The Morgan fingerprint density at radius 1 is 0.892 bits per heavy atom. The summed E-state index contributed by atoms with van der Waals surface area (Å²) < 4.78 is 44.5. The number of carbonyl (C=O) groups is 3. The van der Waals surface area contributed by atoms with Crippen LogP contribution in [0.5, 0.6) is 17.4 Å². The molecule has 74 heavy (non-hydrogen) atoms. The van der Waals surface area contributed by atoms with E-state index in [4.69, 9.17) is 40.3 Å². The molecule has 1 fully saturated rings. The highest BCUT2D eigenvalue weighted by Gasteiger charge is 2.32. The number of methoxy groups -OCH3 is 1. The third-order valence-electron chi connectivity index (χ3n) is 13.1. The fourth-order valence-corrected chi connectivity index (χ4v) is 10.3. The van der Waals surface area contributed by atoms with E-state index >= 15 is 0 Å². The Morgan fingerprint density at radius 3 is 2.45 bits per heavy atom. The van der Waals surface area contributed by atoms with Crippen molar-refractivity contribution in [1.29, 1.82) is 0 Å². The van der Waals surface area contributed by atoms with Gasteiger partial charge < -0.3 is 33.5 Å². The van der Waals surface area contributed by atoms with Gasteiger partial charge in [-0.1, -0.05) is 60.1 Å². The quantitative estimate of drug-likeness (QED) is 0.0842. The number of benzene rings is 4. The summed E-state index contributed by atoms with van der Waals surface area (Å²) in [5.41, 5.74) is 5.13. The zero-order chi connectivity index (χ0) is 52.1. The minimum atomic E-state index is -1.43. The molecule has 384 valence electrons. The first-order valence-electron chi connectivity index (χ1n) is 24.3. The molecule has 18 heteroatoms. The molecule has 7 aromatic rings. The molecule has 4 bridgehead atoms. The number of rotatable bonds is 12. The van der Waals surface area contributed by atoms with Crippen molar-refractivity contribution in [3.8, 4) is 50.3 Å². The minimum absolute atomic E-state index is 0.00301. The SMILES string of the molecule is COc1ccccc1-c1nccc(COc2ccc3cc2C[C@H](C(=O)OCOC(=O)C(C)(C)C)Oc2ncnc4sc(-c5ccc(F)cc5)c(c24)-c2ccc(c(Cl)c2C)CN(CCN2CCN(C)CC2)C(=O)C3)n1. The van der Waals surface area contributed by atoms with Crippen molar-refractivity contribution < 1.29 is 42.5 Å². The van der Waals surface area contributed by atoms with Gasteiger partial charge in [-0.2, -0.15) is 0 Å². The Kier molecular flexibility index (Phi) is 15.8. The molecule has 1 saturated heterocycles. The predicted molar refractivity (Wildman–Crippen MR) is 280 cm³/mol. The molecule has 0 spiro atoms. The van der Waals surface area contributed by atoms with Gasteiger partial charge >= 0.3 is 11.9 Å². The van der Waals surface area contributed by atoms with E-state index in [0.29, 0.717) is 79.2 Å². The van der Waals surface area contributed by atoms with Crippen molar-refractivity contribution in [3.05, 3.63) is 136 Å². The number of thiophene rings is 1. The molecule has 0 unspecified atom stereocenters. The molecule has 15 nitrogen and oxygen atoms in total. The lowest BCUT2D eigenvalue weighted by Gasteiger charge is -2.34. The highest BCUT2D eigenvalue weighted by atomic mass is 35.5. The maximum Gasteiger partial charge on any atom is 0.350 e. The van der Waals surface area contributed by atoms with Crippen LogP contribution in [0.4, 0.5) is 4.39 Å². The molecular weight excluding hydrogens is 985 g/mol. The number of halogens is 2. The van der Waals surface area contributed by atoms with E-state index in [1.54, 1.807) is 58.3 Å². The highest BCUT2D eigenvalue weighted by Crippen LogP contribution is 2.49. The van der Waals surface area contributed by atoms with E-state index in [1.165, 1.54) is 29.8 Å². The minimum Gasteiger partial charge on any atom is -0.496 e. The second-order valence-corrected chi connectivity index (χ2v) is 20.8. The molecule has 3 aliphatic rings. The van der Waals surface area contributed by atoms with Crippen molar-refractivity contribution in [2.24, 2.45) is 5.41 Å². The van der Waals surface area contributed by atoms with E-state index in [1.807, 2.05) is 60.4 Å². The van der Waals surface area contributed by atoms with Crippen LogP contribution in [-0.4, -0.2) is 119 Å². The lowest BCUT2D eigenvalue weighted by molar-refractivity contribution is -0.177. The number of piperazine rings is 1. The summed E-state index contributed by atoms with van der Waals surface area (Å²) in [5.74, 6) is -0.466. The summed E-state index contributed by atoms with van der Waals surface area (Å²) in [5, 5.41) is 0.954. The first-order valence-corrected chi connectivity index (χ1v) is 25.5. The third-order valence-corrected chi connectivity index (χ3v) is 14.8. The monoisotopic (exact) mass is 1040 g/mol. The Labute approximate surface area is 438 Å². The maximum atomic E-state index is 14.8. The summed E-state index contributed by atoms with van der Waals surface area (Å²) in [4.78, 5) is 68.6. The molecule has 10 rings (SSSR count). The topological polar surface area (TPSA) is 159 Å². The number of likely N-dealkylation sites (N-methyl/N-ethyl adjacent to an activating group) is 1. The van der Waals surface area contributed by atoms with Gasteiger partial charge in [-0.25, -0.2) is 29.1 Å². The Hall–Kier alpha value is -7.05. The lowest BCUT2D eigenvalue weighted by atomic mass is 9.94. The first kappa shape index (κ1) is 51.8. The van der Waals surface area contributed by atoms with Gasteiger partial charge in [0, 0.05) is 73.9 Å². The van der Waals surface area contributed by atoms with Crippen LogP contribution in [0.1, 0.15) is 48.7 Å². The van der Waals surface area contributed by atoms with Gasteiger partial charge in [0.15, 0.2) is 5.82 Å². The average Bonchev–Trinajstić information content (AvgIpc) is 3.78. The molecule has 0 aliphatic carbocycles. The van der Waals surface area contributed by atoms with Gasteiger partial charge in [0.05, 0.1) is 35.6 Å².